The fourth-order valence-corrected chi connectivity index (χ4v) is 2.88. The number of nitrogens with zero attached hydrogens (tertiary/aromatic N) is 1. The lowest BCUT2D eigenvalue weighted by Crippen LogP contribution is -2.54. The molecule has 3 N–H and O–H groups in total. The van der Waals surface area contributed by atoms with Crippen molar-refractivity contribution >= 4 is 5.91 Å². The number of hydrogen-bond acceptors (Lipinski definition) is 3. The normalized spacial score (nSPS) is 18.5. The molecule has 1 unspecified atom stereocenters. The highest BCUT2D eigenvalue weighted by Gasteiger charge is 2.36. The van der Waals surface area contributed by atoms with E-state index in [1.54, 1.807) is 0 Å². The molecule has 0 radical (unpaired) electrons. The highest BCUT2D eigenvalue weighted by molar-refractivity contribution is 5.84. The zero-order valence-corrected chi connectivity index (χ0v) is 13.7. The van der Waals surface area contributed by atoms with Crippen molar-refractivity contribution in [1.29, 1.82) is 0 Å². The molecule has 4 nitrogen and oxygen atoms in total. The lowest BCUT2D eigenvalue weighted by Gasteiger charge is -2.29. The quantitative estimate of drug-likeness (QED) is 0.572. The molecule has 0 aromatic rings. The number of amides is 1. The predicted octanol–water partition coefficient (Wildman–Crippen LogP) is 2.27. The van der Waals surface area contributed by atoms with Gasteiger partial charge in [-0.1, -0.05) is 13.8 Å². The SMILES string of the molecule is CCC(CC)N(C)CCCCC(C)(NC1CC1)C(N)=O. The van der Waals surface area contributed by atoms with Crippen LogP contribution < -0.4 is 11.1 Å². The minimum Gasteiger partial charge on any atom is -0.368 e. The van der Waals surface area contributed by atoms with Crippen LogP contribution in [0.15, 0.2) is 0 Å². The van der Waals surface area contributed by atoms with Crippen molar-refractivity contribution in [3.63, 3.8) is 0 Å². The summed E-state index contributed by atoms with van der Waals surface area (Å²) in [7, 11) is 2.20. The van der Waals surface area contributed by atoms with Crippen molar-refractivity contribution in [2.24, 2.45) is 5.73 Å². The third-order valence-electron chi connectivity index (χ3n) is 4.65. The van der Waals surface area contributed by atoms with Gasteiger partial charge in [0.1, 0.15) is 0 Å². The molecule has 0 spiro atoms. The second-order valence-electron chi connectivity index (χ2n) is 6.52. The summed E-state index contributed by atoms with van der Waals surface area (Å²) >= 11 is 0. The van der Waals surface area contributed by atoms with Crippen LogP contribution in [0.25, 0.3) is 0 Å². The summed E-state index contributed by atoms with van der Waals surface area (Å²) in [6, 6.07) is 1.20. The summed E-state index contributed by atoms with van der Waals surface area (Å²) in [6.45, 7) is 7.55. The average Bonchev–Trinajstić information content (AvgIpc) is 3.19. The summed E-state index contributed by atoms with van der Waals surface area (Å²) < 4.78 is 0. The molecule has 1 aliphatic rings. The van der Waals surface area contributed by atoms with Gasteiger partial charge >= 0.3 is 0 Å². The van der Waals surface area contributed by atoms with Gasteiger partial charge in [-0.2, -0.15) is 0 Å². The van der Waals surface area contributed by atoms with Gasteiger partial charge in [0.15, 0.2) is 0 Å². The van der Waals surface area contributed by atoms with Crippen molar-refractivity contribution in [3.05, 3.63) is 0 Å². The molecule has 0 saturated heterocycles. The molecule has 1 rings (SSSR count). The highest BCUT2D eigenvalue weighted by Crippen LogP contribution is 2.25. The smallest absolute Gasteiger partial charge is 0.237 e. The Hall–Kier alpha value is -0.610. The van der Waals surface area contributed by atoms with Gasteiger partial charge in [0.2, 0.25) is 5.91 Å². The molecule has 1 fully saturated rings. The second-order valence-corrected chi connectivity index (χ2v) is 6.52. The van der Waals surface area contributed by atoms with Gasteiger partial charge in [-0.15, -0.1) is 0 Å². The van der Waals surface area contributed by atoms with E-state index in [9.17, 15) is 4.79 Å². The van der Waals surface area contributed by atoms with Crippen LogP contribution in [0.1, 0.15) is 65.7 Å². The second kappa shape index (κ2) is 7.99. The molecule has 1 aliphatic carbocycles. The lowest BCUT2D eigenvalue weighted by atomic mass is 9.93. The first-order valence-electron chi connectivity index (χ1n) is 8.20. The van der Waals surface area contributed by atoms with Crippen LogP contribution in [-0.4, -0.2) is 42.0 Å². The average molecular weight is 283 g/mol. The number of nitrogens with two attached hydrogens (primary N) is 1. The minimum absolute atomic E-state index is 0.210. The highest BCUT2D eigenvalue weighted by atomic mass is 16.1. The van der Waals surface area contributed by atoms with Crippen molar-refractivity contribution in [1.82, 2.24) is 10.2 Å². The maximum Gasteiger partial charge on any atom is 0.237 e. The van der Waals surface area contributed by atoms with E-state index < -0.39 is 5.54 Å². The Morgan fingerprint density at radius 3 is 2.40 bits per heavy atom. The van der Waals surface area contributed by atoms with E-state index in [1.165, 1.54) is 25.7 Å². The molecule has 0 aromatic carbocycles. The molecule has 0 bridgehead atoms. The van der Waals surface area contributed by atoms with Crippen LogP contribution in [0.5, 0.6) is 0 Å². The monoisotopic (exact) mass is 283 g/mol. The maximum absolute atomic E-state index is 11.7. The first-order valence-corrected chi connectivity index (χ1v) is 8.20. The van der Waals surface area contributed by atoms with Gasteiger partial charge in [0.25, 0.3) is 0 Å². The topological polar surface area (TPSA) is 58.4 Å². The third-order valence-corrected chi connectivity index (χ3v) is 4.65. The van der Waals surface area contributed by atoms with Crippen molar-refractivity contribution < 1.29 is 4.79 Å². The number of unbranched alkanes of at least 4 members (excludes halogenated alkanes) is 1. The Kier molecular flexibility index (Phi) is 6.96. The molecule has 1 saturated carbocycles. The predicted molar refractivity (Wildman–Crippen MR) is 84.6 cm³/mol. The van der Waals surface area contributed by atoms with E-state index in [-0.39, 0.29) is 5.91 Å². The van der Waals surface area contributed by atoms with Crippen molar-refractivity contribution in [3.8, 4) is 0 Å². The zero-order valence-electron chi connectivity index (χ0n) is 13.7. The molecule has 1 amide bonds. The Morgan fingerprint density at radius 2 is 1.95 bits per heavy atom. The summed E-state index contributed by atoms with van der Waals surface area (Å²) in [5, 5.41) is 3.41. The van der Waals surface area contributed by atoms with E-state index in [2.05, 4.69) is 31.1 Å². The number of carbonyl (C=O) groups is 1. The van der Waals surface area contributed by atoms with Gasteiger partial charge < -0.3 is 16.0 Å². The largest absolute Gasteiger partial charge is 0.368 e. The van der Waals surface area contributed by atoms with E-state index in [0.717, 1.165) is 25.8 Å². The van der Waals surface area contributed by atoms with Crippen LogP contribution in [0.2, 0.25) is 0 Å². The van der Waals surface area contributed by atoms with Gasteiger partial charge in [0.05, 0.1) is 5.54 Å². The van der Waals surface area contributed by atoms with Crippen molar-refractivity contribution in [2.75, 3.05) is 13.6 Å². The summed E-state index contributed by atoms with van der Waals surface area (Å²) in [5.74, 6) is -0.210. The molecular formula is C16H33N3O. The summed E-state index contributed by atoms with van der Waals surface area (Å²) in [6.07, 6.45) is 7.78. The summed E-state index contributed by atoms with van der Waals surface area (Å²) in [5.41, 5.74) is 5.05. The lowest BCUT2D eigenvalue weighted by molar-refractivity contribution is -0.124. The van der Waals surface area contributed by atoms with E-state index in [1.807, 2.05) is 6.92 Å². The number of carbonyl (C=O) groups excluding carboxylic acids is 1. The van der Waals surface area contributed by atoms with Crippen LogP contribution in [0, 0.1) is 0 Å². The number of hydrogen-bond donors (Lipinski definition) is 2. The molecule has 0 heterocycles. The summed E-state index contributed by atoms with van der Waals surface area (Å²) in [4.78, 5) is 14.1. The van der Waals surface area contributed by atoms with E-state index >= 15 is 0 Å². The number of rotatable bonds is 11. The molecule has 4 heteroatoms. The molecule has 0 aromatic heterocycles. The van der Waals surface area contributed by atoms with Gasteiger partial charge in [0, 0.05) is 12.1 Å². The molecule has 0 aliphatic heterocycles. The third kappa shape index (κ3) is 5.41. The Bertz CT molecular complexity index is 300. The molecule has 1 atom stereocenters. The van der Waals surface area contributed by atoms with Crippen LogP contribution in [0.4, 0.5) is 0 Å². The number of primary amides is 1. The Labute approximate surface area is 124 Å². The zero-order chi connectivity index (χ0) is 15.2. The Morgan fingerprint density at radius 1 is 1.35 bits per heavy atom. The standard InChI is InChI=1S/C16H33N3O/c1-5-14(6-2)19(4)12-8-7-11-16(3,15(17)20)18-13-9-10-13/h13-14,18H,5-12H2,1-4H3,(H2,17,20). The van der Waals surface area contributed by atoms with Crippen molar-refractivity contribution in [2.45, 2.75) is 83.3 Å². The van der Waals surface area contributed by atoms with Gasteiger partial charge in [-0.3, -0.25) is 4.79 Å². The van der Waals surface area contributed by atoms with Gasteiger partial charge in [-0.05, 0) is 65.5 Å². The fraction of sp³-hybridized carbons (Fsp3) is 0.938. The van der Waals surface area contributed by atoms with Crippen LogP contribution in [-0.2, 0) is 4.79 Å². The van der Waals surface area contributed by atoms with Crippen LogP contribution >= 0.6 is 0 Å². The Balaban J connectivity index is 2.28. The van der Waals surface area contributed by atoms with Crippen LogP contribution in [0.3, 0.4) is 0 Å². The number of nitrogens with one attached hydrogen (secondary N) is 1. The van der Waals surface area contributed by atoms with E-state index in [4.69, 9.17) is 5.73 Å². The fourth-order valence-electron chi connectivity index (χ4n) is 2.88. The maximum atomic E-state index is 11.7. The van der Waals surface area contributed by atoms with E-state index in [0.29, 0.717) is 12.1 Å². The minimum atomic E-state index is -0.519. The molecule has 118 valence electrons. The van der Waals surface area contributed by atoms with Gasteiger partial charge in [-0.25, -0.2) is 0 Å². The molecule has 20 heavy (non-hydrogen) atoms. The first kappa shape index (κ1) is 17.4. The molecular weight excluding hydrogens is 250 g/mol. The first-order chi connectivity index (χ1) is 9.42.